The standard InChI is InChI=1S/C23H34FN3O3/c1-18(28)26-11-3-4-22(17-26)27(21-9-14-30-15-10-21)13-12-25(2)23(29)16-19-5-7-20(24)8-6-19/h5-8,21-22H,3-4,9-17H2,1-2H3/t22-/m0/s1. The Balaban J connectivity index is 1.60. The number of piperidine rings is 1. The van der Waals surface area contributed by atoms with Crippen LogP contribution in [0.4, 0.5) is 4.39 Å². The van der Waals surface area contributed by atoms with Gasteiger partial charge in [0.1, 0.15) is 5.82 Å². The van der Waals surface area contributed by atoms with Gasteiger partial charge in [0.25, 0.3) is 0 Å². The molecule has 0 saturated carbocycles. The Hall–Kier alpha value is -1.99. The Labute approximate surface area is 179 Å². The molecule has 2 aliphatic heterocycles. The van der Waals surface area contributed by atoms with Crippen molar-refractivity contribution in [2.45, 2.75) is 51.1 Å². The predicted octanol–water partition coefficient (Wildman–Crippen LogP) is 2.32. The van der Waals surface area contributed by atoms with E-state index in [2.05, 4.69) is 4.90 Å². The van der Waals surface area contributed by atoms with Crippen LogP contribution in [0, 0.1) is 5.82 Å². The maximum absolute atomic E-state index is 13.1. The van der Waals surface area contributed by atoms with Crippen molar-refractivity contribution in [3.63, 3.8) is 0 Å². The molecule has 0 unspecified atom stereocenters. The molecule has 2 heterocycles. The maximum atomic E-state index is 13.1. The molecule has 6 nitrogen and oxygen atoms in total. The number of ether oxygens (including phenoxy) is 1. The Bertz CT molecular complexity index is 706. The highest BCUT2D eigenvalue weighted by molar-refractivity contribution is 5.78. The molecule has 166 valence electrons. The highest BCUT2D eigenvalue weighted by Gasteiger charge is 2.32. The van der Waals surface area contributed by atoms with Crippen LogP contribution in [0.1, 0.15) is 38.2 Å². The third-order valence-corrected chi connectivity index (χ3v) is 6.36. The van der Waals surface area contributed by atoms with Crippen LogP contribution in [-0.4, -0.2) is 85.0 Å². The first kappa shape index (κ1) is 22.7. The molecule has 2 saturated heterocycles. The Morgan fingerprint density at radius 1 is 1.10 bits per heavy atom. The van der Waals surface area contributed by atoms with Crippen molar-refractivity contribution in [3.8, 4) is 0 Å². The number of carbonyl (C=O) groups excluding carboxylic acids is 2. The molecule has 1 atom stereocenters. The van der Waals surface area contributed by atoms with E-state index in [0.29, 0.717) is 18.6 Å². The predicted molar refractivity (Wildman–Crippen MR) is 114 cm³/mol. The largest absolute Gasteiger partial charge is 0.381 e. The minimum absolute atomic E-state index is 0.0301. The second kappa shape index (κ2) is 10.9. The summed E-state index contributed by atoms with van der Waals surface area (Å²) in [5.74, 6) is -0.125. The lowest BCUT2D eigenvalue weighted by molar-refractivity contribution is -0.131. The van der Waals surface area contributed by atoms with Crippen LogP contribution in [0.2, 0.25) is 0 Å². The Morgan fingerprint density at radius 3 is 2.47 bits per heavy atom. The summed E-state index contributed by atoms with van der Waals surface area (Å²) in [5, 5.41) is 0. The van der Waals surface area contributed by atoms with E-state index in [1.165, 1.54) is 12.1 Å². The number of hydrogen-bond acceptors (Lipinski definition) is 4. The van der Waals surface area contributed by atoms with Crippen molar-refractivity contribution in [3.05, 3.63) is 35.6 Å². The van der Waals surface area contributed by atoms with Crippen LogP contribution in [0.15, 0.2) is 24.3 Å². The first-order valence-corrected chi connectivity index (χ1v) is 11.0. The van der Waals surface area contributed by atoms with Crippen LogP contribution >= 0.6 is 0 Å². The van der Waals surface area contributed by atoms with Gasteiger partial charge in [-0.25, -0.2) is 4.39 Å². The summed E-state index contributed by atoms with van der Waals surface area (Å²) in [4.78, 5) is 30.8. The van der Waals surface area contributed by atoms with E-state index in [-0.39, 0.29) is 24.1 Å². The molecule has 0 spiro atoms. The number of amides is 2. The number of likely N-dealkylation sites (N-methyl/N-ethyl adjacent to an activating group) is 1. The monoisotopic (exact) mass is 419 g/mol. The van der Waals surface area contributed by atoms with Crippen LogP contribution in [0.25, 0.3) is 0 Å². The molecule has 0 bridgehead atoms. The minimum atomic E-state index is -0.293. The molecule has 30 heavy (non-hydrogen) atoms. The number of carbonyl (C=O) groups is 2. The van der Waals surface area contributed by atoms with Crippen molar-refractivity contribution in [1.82, 2.24) is 14.7 Å². The summed E-state index contributed by atoms with van der Waals surface area (Å²) in [6.45, 7) is 6.19. The van der Waals surface area contributed by atoms with E-state index in [1.807, 2.05) is 11.9 Å². The van der Waals surface area contributed by atoms with E-state index in [4.69, 9.17) is 4.74 Å². The summed E-state index contributed by atoms with van der Waals surface area (Å²) in [6, 6.07) is 6.85. The molecule has 1 aromatic rings. The van der Waals surface area contributed by atoms with E-state index < -0.39 is 0 Å². The molecule has 1 aromatic carbocycles. The van der Waals surface area contributed by atoms with Crippen molar-refractivity contribution in [2.75, 3.05) is 46.4 Å². The zero-order chi connectivity index (χ0) is 21.5. The van der Waals surface area contributed by atoms with E-state index in [0.717, 1.165) is 64.1 Å². The highest BCUT2D eigenvalue weighted by Crippen LogP contribution is 2.23. The molecule has 2 amide bonds. The molecule has 3 rings (SSSR count). The number of hydrogen-bond donors (Lipinski definition) is 0. The van der Waals surface area contributed by atoms with Crippen LogP contribution < -0.4 is 0 Å². The van der Waals surface area contributed by atoms with Gasteiger partial charge in [-0.1, -0.05) is 12.1 Å². The summed E-state index contributed by atoms with van der Waals surface area (Å²) in [6.07, 6.45) is 4.35. The third kappa shape index (κ3) is 6.25. The van der Waals surface area contributed by atoms with Crippen molar-refractivity contribution in [2.24, 2.45) is 0 Å². The van der Waals surface area contributed by atoms with Gasteiger partial charge in [-0.05, 0) is 43.4 Å². The lowest BCUT2D eigenvalue weighted by atomic mass is 9.98. The second-order valence-corrected chi connectivity index (χ2v) is 8.46. The van der Waals surface area contributed by atoms with Gasteiger partial charge >= 0.3 is 0 Å². The van der Waals surface area contributed by atoms with Crippen molar-refractivity contribution in [1.29, 1.82) is 0 Å². The van der Waals surface area contributed by atoms with Gasteiger partial charge in [0.05, 0.1) is 6.42 Å². The van der Waals surface area contributed by atoms with Gasteiger partial charge in [0.15, 0.2) is 0 Å². The first-order valence-electron chi connectivity index (χ1n) is 11.0. The van der Waals surface area contributed by atoms with E-state index >= 15 is 0 Å². The fraction of sp³-hybridized carbons (Fsp3) is 0.652. The fourth-order valence-electron chi connectivity index (χ4n) is 4.49. The van der Waals surface area contributed by atoms with Gasteiger partial charge in [-0.3, -0.25) is 14.5 Å². The molecule has 0 radical (unpaired) electrons. The molecule has 0 aliphatic carbocycles. The SMILES string of the molecule is CC(=O)N1CCC[C@H](N(CCN(C)C(=O)Cc2ccc(F)cc2)C2CCOCC2)C1. The smallest absolute Gasteiger partial charge is 0.226 e. The minimum Gasteiger partial charge on any atom is -0.381 e. The summed E-state index contributed by atoms with van der Waals surface area (Å²) in [7, 11) is 1.83. The number of nitrogens with zero attached hydrogens (tertiary/aromatic N) is 3. The maximum Gasteiger partial charge on any atom is 0.226 e. The Kier molecular flexibility index (Phi) is 8.22. The lowest BCUT2D eigenvalue weighted by Gasteiger charge is -2.44. The normalized spacial score (nSPS) is 20.4. The Morgan fingerprint density at radius 2 is 1.80 bits per heavy atom. The van der Waals surface area contributed by atoms with E-state index in [9.17, 15) is 14.0 Å². The zero-order valence-electron chi connectivity index (χ0n) is 18.2. The number of rotatable bonds is 7. The topological polar surface area (TPSA) is 53.1 Å². The van der Waals surface area contributed by atoms with Gasteiger partial charge in [0.2, 0.25) is 11.8 Å². The van der Waals surface area contributed by atoms with Gasteiger partial charge in [-0.2, -0.15) is 0 Å². The average molecular weight is 420 g/mol. The third-order valence-electron chi connectivity index (χ3n) is 6.36. The molecule has 2 aliphatic rings. The van der Waals surface area contributed by atoms with Gasteiger partial charge in [0, 0.05) is 65.4 Å². The highest BCUT2D eigenvalue weighted by atomic mass is 19.1. The summed E-state index contributed by atoms with van der Waals surface area (Å²) >= 11 is 0. The van der Waals surface area contributed by atoms with Crippen LogP contribution in [0.5, 0.6) is 0 Å². The molecule has 0 N–H and O–H groups in total. The number of benzene rings is 1. The number of halogens is 1. The van der Waals surface area contributed by atoms with Crippen molar-refractivity contribution < 1.29 is 18.7 Å². The second-order valence-electron chi connectivity index (χ2n) is 8.46. The van der Waals surface area contributed by atoms with Crippen LogP contribution in [0.3, 0.4) is 0 Å². The molecular formula is C23H34FN3O3. The quantitative estimate of drug-likeness (QED) is 0.681. The summed E-state index contributed by atoms with van der Waals surface area (Å²) in [5.41, 5.74) is 0.818. The van der Waals surface area contributed by atoms with Crippen LogP contribution in [-0.2, 0) is 20.7 Å². The number of likely N-dealkylation sites (tertiary alicyclic amines) is 1. The molecule has 2 fully saturated rings. The molecule has 0 aromatic heterocycles. The fourth-order valence-corrected chi connectivity index (χ4v) is 4.49. The first-order chi connectivity index (χ1) is 14.4. The van der Waals surface area contributed by atoms with Gasteiger partial charge in [-0.15, -0.1) is 0 Å². The van der Waals surface area contributed by atoms with E-state index in [1.54, 1.807) is 24.0 Å². The molecule has 7 heteroatoms. The lowest BCUT2D eigenvalue weighted by Crippen LogP contribution is -2.55. The zero-order valence-corrected chi connectivity index (χ0v) is 18.2. The van der Waals surface area contributed by atoms with Crippen molar-refractivity contribution >= 4 is 11.8 Å². The van der Waals surface area contributed by atoms with Gasteiger partial charge < -0.3 is 14.5 Å². The summed E-state index contributed by atoms with van der Waals surface area (Å²) < 4.78 is 18.6. The molecular weight excluding hydrogens is 385 g/mol. The average Bonchev–Trinajstić information content (AvgIpc) is 2.76.